The Morgan fingerprint density at radius 2 is 1.78 bits per heavy atom. The second-order valence-electron chi connectivity index (χ2n) is 1.33. The average molecular weight is 166 g/mol. The Bertz CT molecular complexity index is 113. The van der Waals surface area contributed by atoms with Gasteiger partial charge in [-0.3, -0.25) is 4.99 Å². The van der Waals surface area contributed by atoms with Crippen molar-refractivity contribution in [1.82, 2.24) is 0 Å². The van der Waals surface area contributed by atoms with Crippen LogP contribution < -0.4 is 0 Å². The molecule has 1 aliphatic rings. The largest absolute Gasteiger partial charge is 0.289 e. The predicted octanol–water partition coefficient (Wildman–Crippen LogP) is 2.03. The number of aliphatic imine (C=N–C) groups is 1. The molecule has 0 spiro atoms. The van der Waals surface area contributed by atoms with Gasteiger partial charge in [-0.25, -0.2) is 0 Å². The SMILES string of the molecule is C1=CC=NCC=C1.Cl.Cl. The Hall–Kier alpha value is -0.270. The highest BCUT2D eigenvalue weighted by Gasteiger charge is 1.70. The molecule has 1 heterocycles. The summed E-state index contributed by atoms with van der Waals surface area (Å²) >= 11 is 0. The van der Waals surface area contributed by atoms with Crippen molar-refractivity contribution in [2.75, 3.05) is 6.54 Å². The second kappa shape index (κ2) is 7.73. The first-order chi connectivity index (χ1) is 3.50. The lowest BCUT2D eigenvalue weighted by Gasteiger charge is -1.71. The summed E-state index contributed by atoms with van der Waals surface area (Å²) in [5.41, 5.74) is 0. The van der Waals surface area contributed by atoms with E-state index < -0.39 is 0 Å². The van der Waals surface area contributed by atoms with Gasteiger partial charge in [-0.15, -0.1) is 24.8 Å². The van der Waals surface area contributed by atoms with E-state index in [9.17, 15) is 0 Å². The Morgan fingerprint density at radius 3 is 2.56 bits per heavy atom. The van der Waals surface area contributed by atoms with Crippen LogP contribution in [-0.2, 0) is 0 Å². The molecule has 0 aromatic rings. The fourth-order valence-electron chi connectivity index (χ4n) is 0.436. The van der Waals surface area contributed by atoms with Crippen LogP contribution in [0.2, 0.25) is 0 Å². The lowest BCUT2D eigenvalue weighted by atomic mass is 10.5. The van der Waals surface area contributed by atoms with E-state index in [4.69, 9.17) is 0 Å². The third kappa shape index (κ3) is 5.60. The summed E-state index contributed by atoms with van der Waals surface area (Å²) in [6, 6.07) is 0. The highest BCUT2D eigenvalue weighted by atomic mass is 35.5. The predicted molar refractivity (Wildman–Crippen MR) is 46.1 cm³/mol. The summed E-state index contributed by atoms with van der Waals surface area (Å²) in [6.45, 7) is 0.826. The topological polar surface area (TPSA) is 12.4 Å². The molecule has 0 saturated heterocycles. The lowest BCUT2D eigenvalue weighted by molar-refractivity contribution is 1.27. The number of allylic oxidation sites excluding steroid dienone is 3. The van der Waals surface area contributed by atoms with Crippen LogP contribution in [0.1, 0.15) is 0 Å². The maximum absolute atomic E-state index is 3.97. The number of hydrogen-bond donors (Lipinski definition) is 0. The molecule has 9 heavy (non-hydrogen) atoms. The van der Waals surface area contributed by atoms with Crippen LogP contribution >= 0.6 is 24.8 Å². The zero-order valence-corrected chi connectivity index (χ0v) is 6.49. The molecular weight excluding hydrogens is 157 g/mol. The van der Waals surface area contributed by atoms with Gasteiger partial charge in [-0.2, -0.15) is 0 Å². The zero-order chi connectivity index (χ0) is 4.95. The molecular formula is C6H9Cl2N. The van der Waals surface area contributed by atoms with E-state index in [1.165, 1.54) is 0 Å². The molecule has 3 heteroatoms. The first-order valence-corrected chi connectivity index (χ1v) is 2.32. The van der Waals surface area contributed by atoms with Crippen LogP contribution in [0.5, 0.6) is 0 Å². The van der Waals surface area contributed by atoms with Crippen molar-refractivity contribution in [3.05, 3.63) is 24.3 Å². The zero-order valence-electron chi connectivity index (χ0n) is 4.86. The van der Waals surface area contributed by atoms with Crippen LogP contribution in [0.4, 0.5) is 0 Å². The van der Waals surface area contributed by atoms with E-state index in [1.807, 2.05) is 24.3 Å². The molecule has 0 aliphatic carbocycles. The molecule has 1 nitrogen and oxygen atoms in total. The van der Waals surface area contributed by atoms with Gasteiger partial charge in [-0.1, -0.05) is 18.2 Å². The highest BCUT2D eigenvalue weighted by Crippen LogP contribution is 1.81. The van der Waals surface area contributed by atoms with Crippen molar-refractivity contribution in [1.29, 1.82) is 0 Å². The Balaban J connectivity index is 0. The summed E-state index contributed by atoms with van der Waals surface area (Å²) in [5.74, 6) is 0. The van der Waals surface area contributed by atoms with Gasteiger partial charge in [0.05, 0.1) is 6.54 Å². The molecule has 0 radical (unpaired) electrons. The molecule has 0 aromatic carbocycles. The molecule has 0 amide bonds. The van der Waals surface area contributed by atoms with Gasteiger partial charge in [0.2, 0.25) is 0 Å². The van der Waals surface area contributed by atoms with Crippen LogP contribution in [0, 0.1) is 0 Å². The molecule has 0 aromatic heterocycles. The minimum atomic E-state index is 0. The number of nitrogens with zero attached hydrogens (tertiary/aromatic N) is 1. The summed E-state index contributed by atoms with van der Waals surface area (Å²) in [4.78, 5) is 3.97. The van der Waals surface area contributed by atoms with Crippen LogP contribution in [0.25, 0.3) is 0 Å². The average Bonchev–Trinajstić information content (AvgIpc) is 1.90. The van der Waals surface area contributed by atoms with Crippen molar-refractivity contribution in [2.45, 2.75) is 0 Å². The Morgan fingerprint density at radius 1 is 1.00 bits per heavy atom. The lowest BCUT2D eigenvalue weighted by Crippen LogP contribution is -1.66. The first-order valence-electron chi connectivity index (χ1n) is 2.32. The van der Waals surface area contributed by atoms with Gasteiger partial charge in [0.15, 0.2) is 0 Å². The summed E-state index contributed by atoms with van der Waals surface area (Å²) in [5, 5.41) is 0. The van der Waals surface area contributed by atoms with Crippen LogP contribution in [-0.4, -0.2) is 12.8 Å². The van der Waals surface area contributed by atoms with Gasteiger partial charge in [0, 0.05) is 6.21 Å². The van der Waals surface area contributed by atoms with Crippen molar-refractivity contribution in [2.24, 2.45) is 4.99 Å². The third-order valence-electron chi connectivity index (χ3n) is 0.761. The van der Waals surface area contributed by atoms with Gasteiger partial charge in [0.1, 0.15) is 0 Å². The quantitative estimate of drug-likeness (QED) is 0.522. The van der Waals surface area contributed by atoms with Gasteiger partial charge < -0.3 is 0 Å². The van der Waals surface area contributed by atoms with E-state index in [0.29, 0.717) is 0 Å². The van der Waals surface area contributed by atoms with Gasteiger partial charge in [-0.05, 0) is 6.08 Å². The van der Waals surface area contributed by atoms with E-state index in [2.05, 4.69) is 4.99 Å². The summed E-state index contributed by atoms with van der Waals surface area (Å²) < 4.78 is 0. The van der Waals surface area contributed by atoms with Gasteiger partial charge in [0.25, 0.3) is 0 Å². The molecule has 1 rings (SSSR count). The highest BCUT2D eigenvalue weighted by molar-refractivity contribution is 5.85. The Kier molecular flexibility index (Phi) is 9.89. The standard InChI is InChI=1S/C6H7N.2ClH/c1-2-4-6-7-5-3-1;;/h1-5H,6H2;2*1H. The van der Waals surface area contributed by atoms with Crippen molar-refractivity contribution >= 4 is 31.0 Å². The molecule has 0 unspecified atom stereocenters. The van der Waals surface area contributed by atoms with E-state index in [1.54, 1.807) is 6.21 Å². The minimum absolute atomic E-state index is 0. The molecule has 0 fully saturated rings. The molecule has 0 atom stereocenters. The first kappa shape index (κ1) is 11.5. The normalized spacial score (nSPS) is 13.3. The van der Waals surface area contributed by atoms with Gasteiger partial charge >= 0.3 is 0 Å². The summed E-state index contributed by atoms with van der Waals surface area (Å²) in [6.07, 6.45) is 9.70. The number of halogens is 2. The summed E-state index contributed by atoms with van der Waals surface area (Å²) in [7, 11) is 0. The van der Waals surface area contributed by atoms with E-state index >= 15 is 0 Å². The van der Waals surface area contributed by atoms with E-state index in [-0.39, 0.29) is 24.8 Å². The molecule has 0 N–H and O–H groups in total. The van der Waals surface area contributed by atoms with Crippen LogP contribution in [0.3, 0.4) is 0 Å². The molecule has 0 bridgehead atoms. The Labute approximate surface area is 67.4 Å². The van der Waals surface area contributed by atoms with Crippen molar-refractivity contribution in [3.8, 4) is 0 Å². The van der Waals surface area contributed by atoms with E-state index in [0.717, 1.165) is 6.54 Å². The fourth-order valence-corrected chi connectivity index (χ4v) is 0.436. The minimum Gasteiger partial charge on any atom is -0.289 e. The molecule has 52 valence electrons. The van der Waals surface area contributed by atoms with Crippen LogP contribution in [0.15, 0.2) is 29.3 Å². The third-order valence-corrected chi connectivity index (χ3v) is 0.761. The fraction of sp³-hybridized carbons (Fsp3) is 0.167. The maximum Gasteiger partial charge on any atom is 0.0573 e. The second-order valence-corrected chi connectivity index (χ2v) is 1.33. The van der Waals surface area contributed by atoms with Crippen molar-refractivity contribution < 1.29 is 0 Å². The number of hydrogen-bond acceptors (Lipinski definition) is 1. The molecule has 0 saturated carbocycles. The monoisotopic (exact) mass is 165 g/mol. The van der Waals surface area contributed by atoms with Crippen molar-refractivity contribution in [3.63, 3.8) is 0 Å². The number of rotatable bonds is 0. The molecule has 1 aliphatic heterocycles. The smallest absolute Gasteiger partial charge is 0.0573 e. The maximum atomic E-state index is 3.97.